The number of nitrogens with one attached hydrogen (secondary N) is 1. The van der Waals surface area contributed by atoms with Crippen LogP contribution in [0.1, 0.15) is 20.7 Å². The van der Waals surface area contributed by atoms with Crippen molar-refractivity contribution >= 4 is 27.9 Å². The zero-order valence-corrected chi connectivity index (χ0v) is 8.16. The number of halogens is 1. The SMILES string of the molecule is O=C(O)c1c(Br)c[nH]c(=O)c1C(=O)O. The van der Waals surface area contributed by atoms with E-state index in [4.69, 9.17) is 10.2 Å². The standard InChI is InChI=1S/C7H4BrNO5/c8-2-1-9-5(10)4(7(13)14)3(2)6(11)12/h1H,(H,9,10)(H,11,12)(H,13,14). The number of carboxylic acids is 2. The molecule has 1 aromatic rings. The molecule has 1 aromatic heterocycles. The Hall–Kier alpha value is -1.63. The van der Waals surface area contributed by atoms with Crippen molar-refractivity contribution in [3.8, 4) is 0 Å². The molecule has 0 unspecified atom stereocenters. The van der Waals surface area contributed by atoms with E-state index in [0.717, 1.165) is 6.20 Å². The maximum Gasteiger partial charge on any atom is 0.342 e. The number of hydrogen-bond acceptors (Lipinski definition) is 3. The molecular weight excluding hydrogens is 258 g/mol. The Morgan fingerprint density at radius 2 is 1.71 bits per heavy atom. The molecule has 74 valence electrons. The minimum atomic E-state index is -1.58. The molecule has 0 spiro atoms. The van der Waals surface area contributed by atoms with Gasteiger partial charge in [0.25, 0.3) is 5.56 Å². The minimum absolute atomic E-state index is 0.0157. The summed E-state index contributed by atoms with van der Waals surface area (Å²) in [6, 6.07) is 0. The summed E-state index contributed by atoms with van der Waals surface area (Å²) in [4.78, 5) is 34.4. The molecule has 0 aliphatic heterocycles. The molecule has 0 aliphatic carbocycles. The van der Waals surface area contributed by atoms with E-state index < -0.39 is 28.6 Å². The third-order valence-corrected chi connectivity index (χ3v) is 2.10. The fourth-order valence-corrected chi connectivity index (χ4v) is 1.40. The number of aromatic amines is 1. The van der Waals surface area contributed by atoms with E-state index in [-0.39, 0.29) is 4.47 Å². The van der Waals surface area contributed by atoms with Gasteiger partial charge >= 0.3 is 11.9 Å². The van der Waals surface area contributed by atoms with Crippen LogP contribution in [0.25, 0.3) is 0 Å². The van der Waals surface area contributed by atoms with Crippen molar-refractivity contribution in [2.75, 3.05) is 0 Å². The molecule has 6 nitrogen and oxygen atoms in total. The number of aromatic carboxylic acids is 2. The van der Waals surface area contributed by atoms with Crippen molar-refractivity contribution in [3.05, 3.63) is 32.2 Å². The Labute approximate surface area is 85.3 Å². The van der Waals surface area contributed by atoms with E-state index in [0.29, 0.717) is 0 Å². The van der Waals surface area contributed by atoms with Crippen molar-refractivity contribution in [1.82, 2.24) is 4.98 Å². The number of pyridine rings is 1. The van der Waals surface area contributed by atoms with E-state index in [9.17, 15) is 14.4 Å². The van der Waals surface area contributed by atoms with Crippen LogP contribution in [-0.4, -0.2) is 27.1 Å². The second-order valence-electron chi connectivity index (χ2n) is 2.33. The van der Waals surface area contributed by atoms with Gasteiger partial charge in [-0.3, -0.25) is 4.79 Å². The zero-order valence-electron chi connectivity index (χ0n) is 6.57. The van der Waals surface area contributed by atoms with Gasteiger partial charge in [0.1, 0.15) is 5.56 Å². The first-order valence-corrected chi connectivity index (χ1v) is 4.12. The van der Waals surface area contributed by atoms with Gasteiger partial charge in [-0.05, 0) is 15.9 Å². The summed E-state index contributed by atoms with van der Waals surface area (Å²) in [5.41, 5.74) is -2.29. The molecule has 3 N–H and O–H groups in total. The molecular formula is C7H4BrNO5. The first kappa shape index (κ1) is 10.5. The first-order chi connectivity index (χ1) is 6.45. The molecule has 0 amide bonds. The van der Waals surface area contributed by atoms with Crippen molar-refractivity contribution in [3.63, 3.8) is 0 Å². The Balaban J connectivity index is 3.67. The van der Waals surface area contributed by atoms with Gasteiger partial charge in [0, 0.05) is 10.7 Å². The smallest absolute Gasteiger partial charge is 0.342 e. The average Bonchev–Trinajstić information content (AvgIpc) is 2.07. The van der Waals surface area contributed by atoms with Crippen LogP contribution in [0.5, 0.6) is 0 Å². The highest BCUT2D eigenvalue weighted by Gasteiger charge is 2.22. The molecule has 0 fully saturated rings. The molecule has 0 saturated heterocycles. The van der Waals surface area contributed by atoms with Gasteiger partial charge in [-0.25, -0.2) is 9.59 Å². The highest BCUT2D eigenvalue weighted by atomic mass is 79.9. The predicted octanol–water partition coefficient (Wildman–Crippen LogP) is 0.534. The second-order valence-corrected chi connectivity index (χ2v) is 3.18. The van der Waals surface area contributed by atoms with Crippen LogP contribution in [0.3, 0.4) is 0 Å². The molecule has 0 saturated carbocycles. The van der Waals surface area contributed by atoms with Gasteiger partial charge < -0.3 is 15.2 Å². The Morgan fingerprint density at radius 3 is 2.07 bits per heavy atom. The topological polar surface area (TPSA) is 107 Å². The summed E-state index contributed by atoms with van der Waals surface area (Å²) in [7, 11) is 0. The molecule has 0 aliphatic rings. The third-order valence-electron chi connectivity index (χ3n) is 1.47. The Morgan fingerprint density at radius 1 is 1.21 bits per heavy atom. The van der Waals surface area contributed by atoms with E-state index in [1.807, 2.05) is 0 Å². The molecule has 1 heterocycles. The number of carboxylic acid groups (broad SMARTS) is 2. The lowest BCUT2D eigenvalue weighted by Crippen LogP contribution is -2.22. The quantitative estimate of drug-likeness (QED) is 0.720. The van der Waals surface area contributed by atoms with Crippen LogP contribution in [0.4, 0.5) is 0 Å². The number of hydrogen-bond donors (Lipinski definition) is 3. The van der Waals surface area contributed by atoms with Gasteiger partial charge in [-0.2, -0.15) is 0 Å². The third kappa shape index (κ3) is 1.67. The highest BCUT2D eigenvalue weighted by Crippen LogP contribution is 2.16. The first-order valence-electron chi connectivity index (χ1n) is 3.33. The number of carbonyl (C=O) groups is 2. The van der Waals surface area contributed by atoms with Crippen LogP contribution in [0.2, 0.25) is 0 Å². The van der Waals surface area contributed by atoms with Crippen LogP contribution in [-0.2, 0) is 0 Å². The number of aromatic nitrogens is 1. The van der Waals surface area contributed by atoms with Gasteiger partial charge in [-0.15, -0.1) is 0 Å². The molecule has 0 bridgehead atoms. The van der Waals surface area contributed by atoms with Crippen molar-refractivity contribution in [2.45, 2.75) is 0 Å². The van der Waals surface area contributed by atoms with Crippen LogP contribution >= 0.6 is 15.9 Å². The fraction of sp³-hybridized carbons (Fsp3) is 0. The summed E-state index contributed by atoms with van der Waals surface area (Å²) >= 11 is 2.84. The largest absolute Gasteiger partial charge is 0.478 e. The number of H-pyrrole nitrogens is 1. The molecule has 0 aromatic carbocycles. The maximum atomic E-state index is 11.0. The molecule has 14 heavy (non-hydrogen) atoms. The lowest BCUT2D eigenvalue weighted by molar-refractivity contribution is 0.0649. The highest BCUT2D eigenvalue weighted by molar-refractivity contribution is 9.10. The monoisotopic (exact) mass is 261 g/mol. The zero-order chi connectivity index (χ0) is 10.9. The lowest BCUT2D eigenvalue weighted by atomic mass is 10.1. The summed E-state index contributed by atoms with van der Waals surface area (Å²) in [5.74, 6) is -3.05. The van der Waals surface area contributed by atoms with Gasteiger partial charge in [-0.1, -0.05) is 0 Å². The van der Waals surface area contributed by atoms with E-state index in [1.165, 1.54) is 0 Å². The summed E-state index contributed by atoms with van der Waals surface area (Å²) in [6.45, 7) is 0. The number of rotatable bonds is 2. The Kier molecular flexibility index (Phi) is 2.70. The predicted molar refractivity (Wildman–Crippen MR) is 48.7 cm³/mol. The molecule has 0 radical (unpaired) electrons. The van der Waals surface area contributed by atoms with E-state index in [2.05, 4.69) is 20.9 Å². The lowest BCUT2D eigenvalue weighted by Gasteiger charge is -2.01. The van der Waals surface area contributed by atoms with Crippen molar-refractivity contribution < 1.29 is 19.8 Å². The molecule has 7 heteroatoms. The van der Waals surface area contributed by atoms with Gasteiger partial charge in [0.15, 0.2) is 0 Å². The molecule has 1 rings (SSSR count). The molecule has 0 atom stereocenters. The van der Waals surface area contributed by atoms with Gasteiger partial charge in [0.2, 0.25) is 0 Å². The van der Waals surface area contributed by atoms with Crippen LogP contribution in [0, 0.1) is 0 Å². The summed E-state index contributed by atoms with van der Waals surface area (Å²) in [5, 5.41) is 17.3. The second kappa shape index (κ2) is 3.62. The van der Waals surface area contributed by atoms with E-state index in [1.54, 1.807) is 0 Å². The van der Waals surface area contributed by atoms with Gasteiger partial charge in [0.05, 0.1) is 5.56 Å². The van der Waals surface area contributed by atoms with E-state index >= 15 is 0 Å². The van der Waals surface area contributed by atoms with Crippen LogP contribution < -0.4 is 5.56 Å². The maximum absolute atomic E-state index is 11.0. The summed E-state index contributed by atoms with van der Waals surface area (Å²) in [6.07, 6.45) is 1.08. The van der Waals surface area contributed by atoms with Crippen molar-refractivity contribution in [1.29, 1.82) is 0 Å². The summed E-state index contributed by atoms with van der Waals surface area (Å²) < 4.78 is 0.0157. The minimum Gasteiger partial charge on any atom is -0.478 e. The van der Waals surface area contributed by atoms with Crippen molar-refractivity contribution in [2.24, 2.45) is 0 Å². The average molecular weight is 262 g/mol. The Bertz CT molecular complexity index is 464. The van der Waals surface area contributed by atoms with Crippen LogP contribution in [0.15, 0.2) is 15.5 Å². The fourth-order valence-electron chi connectivity index (χ4n) is 0.919. The normalized spacial score (nSPS) is 9.79.